The summed E-state index contributed by atoms with van der Waals surface area (Å²) < 4.78 is 6.48. The van der Waals surface area contributed by atoms with Crippen LogP contribution in [0.4, 0.5) is 5.82 Å². The van der Waals surface area contributed by atoms with Crippen molar-refractivity contribution < 1.29 is 14.3 Å². The van der Waals surface area contributed by atoms with E-state index in [0.29, 0.717) is 10.8 Å². The van der Waals surface area contributed by atoms with Crippen LogP contribution in [0.1, 0.15) is 27.6 Å². The number of pyridine rings is 1. The number of para-hydroxylation sites is 1. The number of ether oxygens (including phenoxy) is 1. The second-order valence-corrected chi connectivity index (χ2v) is 7.32. The molecule has 0 bridgehead atoms. The van der Waals surface area contributed by atoms with Gasteiger partial charge < -0.3 is 10.1 Å². The van der Waals surface area contributed by atoms with Crippen molar-refractivity contribution in [3.8, 4) is 5.82 Å². The Kier molecular flexibility index (Phi) is 5.88. The third-order valence-corrected chi connectivity index (χ3v) is 5.02. The summed E-state index contributed by atoms with van der Waals surface area (Å²) in [6.45, 7) is 1.87. The highest BCUT2D eigenvalue weighted by molar-refractivity contribution is 6.37. The van der Waals surface area contributed by atoms with Gasteiger partial charge in [-0.2, -0.15) is 9.78 Å². The maximum absolute atomic E-state index is 12.9. The number of benzene rings is 2. The monoisotopic (exact) mass is 454 g/mol. The van der Waals surface area contributed by atoms with Crippen LogP contribution in [0.25, 0.3) is 16.7 Å². The highest BCUT2D eigenvalue weighted by Gasteiger charge is 2.23. The van der Waals surface area contributed by atoms with Crippen molar-refractivity contribution in [2.24, 2.45) is 0 Å². The Morgan fingerprint density at radius 3 is 2.65 bits per heavy atom. The molecule has 4 rings (SSSR count). The van der Waals surface area contributed by atoms with Crippen molar-refractivity contribution in [2.45, 2.75) is 6.92 Å². The van der Waals surface area contributed by atoms with Gasteiger partial charge in [-0.3, -0.25) is 4.79 Å². The van der Waals surface area contributed by atoms with E-state index in [9.17, 15) is 9.59 Å². The van der Waals surface area contributed by atoms with E-state index in [1.807, 2.05) is 30.3 Å². The Bertz CT molecular complexity index is 1300. The summed E-state index contributed by atoms with van der Waals surface area (Å²) in [5, 5.41) is 8.51. The maximum atomic E-state index is 12.9. The SMILES string of the molecule is CCOC(=O)c1cnn(-c2ccc3ccccc3n2)c1NC(=O)c1ccc(Cl)cc1Cl. The summed E-state index contributed by atoms with van der Waals surface area (Å²) >= 11 is 12.1. The van der Waals surface area contributed by atoms with Gasteiger partial charge in [0.1, 0.15) is 5.56 Å². The molecule has 0 atom stereocenters. The van der Waals surface area contributed by atoms with Crippen molar-refractivity contribution >= 4 is 51.8 Å². The number of aromatic nitrogens is 3. The van der Waals surface area contributed by atoms with Crippen LogP contribution >= 0.6 is 23.2 Å². The number of anilines is 1. The van der Waals surface area contributed by atoms with Crippen LogP contribution in [0.2, 0.25) is 10.0 Å². The molecule has 7 nitrogen and oxygen atoms in total. The quantitative estimate of drug-likeness (QED) is 0.421. The van der Waals surface area contributed by atoms with Gasteiger partial charge in [-0.1, -0.05) is 41.4 Å². The smallest absolute Gasteiger partial charge is 0.343 e. The predicted octanol–water partition coefficient (Wildman–Crippen LogP) is 5.16. The molecule has 0 saturated carbocycles. The number of hydrogen-bond donors (Lipinski definition) is 1. The van der Waals surface area contributed by atoms with Crippen molar-refractivity contribution in [3.63, 3.8) is 0 Å². The molecule has 0 aliphatic carbocycles. The number of fused-ring (bicyclic) bond motifs is 1. The van der Waals surface area contributed by atoms with E-state index < -0.39 is 11.9 Å². The molecule has 0 unspecified atom stereocenters. The zero-order valence-electron chi connectivity index (χ0n) is 16.3. The Morgan fingerprint density at radius 1 is 1.06 bits per heavy atom. The lowest BCUT2D eigenvalue weighted by atomic mass is 10.2. The molecular weight excluding hydrogens is 439 g/mol. The van der Waals surface area contributed by atoms with Crippen LogP contribution in [-0.2, 0) is 4.74 Å². The van der Waals surface area contributed by atoms with Crippen LogP contribution in [0.5, 0.6) is 0 Å². The minimum Gasteiger partial charge on any atom is -0.462 e. The van der Waals surface area contributed by atoms with Crippen LogP contribution in [-0.4, -0.2) is 33.2 Å². The molecule has 1 amide bonds. The molecule has 1 N–H and O–H groups in total. The molecular formula is C22H16Cl2N4O3. The summed E-state index contributed by atoms with van der Waals surface area (Å²) in [5.74, 6) is -0.606. The van der Waals surface area contributed by atoms with Gasteiger partial charge in [0.25, 0.3) is 5.91 Å². The van der Waals surface area contributed by atoms with Gasteiger partial charge in [0.2, 0.25) is 0 Å². The maximum Gasteiger partial charge on any atom is 0.343 e. The molecule has 0 spiro atoms. The molecule has 4 aromatic rings. The van der Waals surface area contributed by atoms with E-state index in [1.165, 1.54) is 23.0 Å². The summed E-state index contributed by atoms with van der Waals surface area (Å²) in [6.07, 6.45) is 1.33. The molecule has 156 valence electrons. The van der Waals surface area contributed by atoms with E-state index in [2.05, 4.69) is 15.4 Å². The standard InChI is InChI=1S/C22H16Cl2N4O3/c1-2-31-22(30)16-12-25-28(19-10-7-13-5-3-4-6-18(13)26-19)20(16)27-21(29)15-9-8-14(23)11-17(15)24/h3-12H,2H2,1H3,(H,27,29). The highest BCUT2D eigenvalue weighted by Crippen LogP contribution is 2.25. The number of rotatable bonds is 5. The number of nitrogens with zero attached hydrogens (tertiary/aromatic N) is 3. The van der Waals surface area contributed by atoms with Gasteiger partial charge in [-0.15, -0.1) is 0 Å². The average Bonchev–Trinajstić information content (AvgIpc) is 3.17. The molecule has 2 aromatic carbocycles. The van der Waals surface area contributed by atoms with Gasteiger partial charge in [0, 0.05) is 10.4 Å². The number of hydrogen-bond acceptors (Lipinski definition) is 5. The largest absolute Gasteiger partial charge is 0.462 e. The third kappa shape index (κ3) is 4.23. The van der Waals surface area contributed by atoms with Crippen molar-refractivity contribution in [2.75, 3.05) is 11.9 Å². The first-order valence-electron chi connectivity index (χ1n) is 9.35. The second kappa shape index (κ2) is 8.75. The summed E-state index contributed by atoms with van der Waals surface area (Å²) in [6, 6.07) is 15.7. The number of amides is 1. The van der Waals surface area contributed by atoms with E-state index in [0.717, 1.165) is 10.9 Å². The summed E-state index contributed by atoms with van der Waals surface area (Å²) in [7, 11) is 0. The fourth-order valence-electron chi connectivity index (χ4n) is 3.02. The Hall–Kier alpha value is -3.42. The summed E-state index contributed by atoms with van der Waals surface area (Å²) in [4.78, 5) is 30.0. The highest BCUT2D eigenvalue weighted by atomic mass is 35.5. The first kappa shape index (κ1) is 20.8. The average molecular weight is 455 g/mol. The first-order chi connectivity index (χ1) is 15.0. The molecule has 2 aromatic heterocycles. The van der Waals surface area contributed by atoms with Crippen LogP contribution in [0.15, 0.2) is 60.8 Å². The Labute approximate surface area is 187 Å². The number of carbonyl (C=O) groups is 2. The van der Waals surface area contributed by atoms with Crippen LogP contribution in [0, 0.1) is 0 Å². The van der Waals surface area contributed by atoms with Crippen LogP contribution < -0.4 is 5.32 Å². The summed E-state index contributed by atoms with van der Waals surface area (Å²) in [5.41, 5.74) is 1.03. The van der Waals surface area contributed by atoms with Crippen molar-refractivity contribution in [3.05, 3.63) is 82.0 Å². The molecule has 0 radical (unpaired) electrons. The minimum absolute atomic E-state index is 0.0928. The molecule has 0 aliphatic heterocycles. The van der Waals surface area contributed by atoms with Gasteiger partial charge in [0.05, 0.1) is 28.9 Å². The second-order valence-electron chi connectivity index (χ2n) is 6.48. The molecule has 0 fully saturated rings. The number of nitrogens with one attached hydrogen (secondary N) is 1. The minimum atomic E-state index is -0.618. The molecule has 9 heteroatoms. The molecule has 0 saturated heterocycles. The Morgan fingerprint density at radius 2 is 1.87 bits per heavy atom. The van der Waals surface area contributed by atoms with Crippen molar-refractivity contribution in [1.29, 1.82) is 0 Å². The van der Waals surface area contributed by atoms with E-state index >= 15 is 0 Å². The molecule has 0 aliphatic rings. The number of esters is 1. The van der Waals surface area contributed by atoms with E-state index in [4.69, 9.17) is 27.9 Å². The molecule has 31 heavy (non-hydrogen) atoms. The fourth-order valence-corrected chi connectivity index (χ4v) is 3.52. The van der Waals surface area contributed by atoms with Gasteiger partial charge >= 0.3 is 5.97 Å². The van der Waals surface area contributed by atoms with E-state index in [1.54, 1.807) is 19.1 Å². The van der Waals surface area contributed by atoms with Gasteiger partial charge in [-0.05, 0) is 43.3 Å². The third-order valence-electron chi connectivity index (χ3n) is 4.47. The topological polar surface area (TPSA) is 86.1 Å². The number of halogens is 2. The zero-order valence-corrected chi connectivity index (χ0v) is 17.8. The first-order valence-corrected chi connectivity index (χ1v) is 10.1. The lowest BCUT2D eigenvalue weighted by Gasteiger charge is -2.12. The lowest BCUT2D eigenvalue weighted by Crippen LogP contribution is -2.18. The molecule has 2 heterocycles. The zero-order chi connectivity index (χ0) is 22.0. The lowest BCUT2D eigenvalue weighted by molar-refractivity contribution is 0.0527. The normalized spacial score (nSPS) is 10.8. The Balaban J connectivity index is 1.79. The fraction of sp³-hybridized carbons (Fsp3) is 0.0909. The van der Waals surface area contributed by atoms with Gasteiger partial charge in [-0.25, -0.2) is 9.78 Å². The van der Waals surface area contributed by atoms with Crippen LogP contribution in [0.3, 0.4) is 0 Å². The number of carbonyl (C=O) groups excluding carboxylic acids is 2. The van der Waals surface area contributed by atoms with E-state index in [-0.39, 0.29) is 28.6 Å². The van der Waals surface area contributed by atoms with Gasteiger partial charge in [0.15, 0.2) is 11.6 Å². The van der Waals surface area contributed by atoms with Crippen molar-refractivity contribution in [1.82, 2.24) is 14.8 Å². The predicted molar refractivity (Wildman–Crippen MR) is 119 cm³/mol.